The van der Waals surface area contributed by atoms with Crippen LogP contribution in [0, 0.1) is 0 Å². The number of carbonyl (C=O) groups excluding carboxylic acids is 2. The standard InChI is InChI=1S/C19H26N2O3/c1-4-7-18(22)20-11-10-15-14-8-5-6-9-16(14)21-17(15)12-19(23)24-13(2)3/h5-6,8-9,13,21H,4,7,10-12H2,1-3H3,(H,20,22). The highest BCUT2D eigenvalue weighted by Gasteiger charge is 2.16. The Hall–Kier alpha value is -2.30. The number of carbonyl (C=O) groups is 2. The number of aromatic amines is 1. The van der Waals surface area contributed by atoms with E-state index in [1.807, 2.05) is 45.0 Å². The highest BCUT2D eigenvalue weighted by Crippen LogP contribution is 2.23. The summed E-state index contributed by atoms with van der Waals surface area (Å²) in [5, 5.41) is 4.02. The third kappa shape index (κ3) is 4.85. The molecule has 0 saturated heterocycles. The van der Waals surface area contributed by atoms with E-state index in [4.69, 9.17) is 4.74 Å². The number of esters is 1. The first-order valence-corrected chi connectivity index (χ1v) is 8.55. The van der Waals surface area contributed by atoms with E-state index in [0.717, 1.165) is 28.6 Å². The molecule has 1 aromatic carbocycles. The Morgan fingerprint density at radius 2 is 2.00 bits per heavy atom. The molecule has 0 fully saturated rings. The van der Waals surface area contributed by atoms with Gasteiger partial charge in [0.2, 0.25) is 5.91 Å². The van der Waals surface area contributed by atoms with Gasteiger partial charge in [0, 0.05) is 29.6 Å². The fourth-order valence-electron chi connectivity index (χ4n) is 2.78. The lowest BCUT2D eigenvalue weighted by atomic mass is 10.1. The predicted molar refractivity (Wildman–Crippen MR) is 94.9 cm³/mol. The van der Waals surface area contributed by atoms with Crippen molar-refractivity contribution in [1.82, 2.24) is 10.3 Å². The van der Waals surface area contributed by atoms with Gasteiger partial charge >= 0.3 is 5.97 Å². The van der Waals surface area contributed by atoms with E-state index in [-0.39, 0.29) is 24.4 Å². The summed E-state index contributed by atoms with van der Waals surface area (Å²) in [7, 11) is 0. The number of aromatic nitrogens is 1. The van der Waals surface area contributed by atoms with Crippen molar-refractivity contribution in [3.63, 3.8) is 0 Å². The molecular weight excluding hydrogens is 304 g/mol. The third-order valence-electron chi connectivity index (χ3n) is 3.76. The molecule has 2 rings (SSSR count). The lowest BCUT2D eigenvalue weighted by Crippen LogP contribution is -2.25. The van der Waals surface area contributed by atoms with Crippen LogP contribution in [0.1, 0.15) is 44.9 Å². The van der Waals surface area contributed by atoms with Gasteiger partial charge in [-0.05, 0) is 38.3 Å². The maximum absolute atomic E-state index is 12.0. The molecule has 130 valence electrons. The molecule has 0 atom stereocenters. The van der Waals surface area contributed by atoms with Crippen LogP contribution >= 0.6 is 0 Å². The largest absolute Gasteiger partial charge is 0.463 e. The molecule has 1 amide bonds. The molecule has 24 heavy (non-hydrogen) atoms. The number of rotatable bonds is 8. The third-order valence-corrected chi connectivity index (χ3v) is 3.76. The number of hydrogen-bond donors (Lipinski definition) is 2. The Bertz CT molecular complexity index is 704. The van der Waals surface area contributed by atoms with Gasteiger partial charge in [0.25, 0.3) is 0 Å². The van der Waals surface area contributed by atoms with Crippen molar-refractivity contribution in [2.75, 3.05) is 6.54 Å². The quantitative estimate of drug-likeness (QED) is 0.731. The van der Waals surface area contributed by atoms with Gasteiger partial charge in [-0.25, -0.2) is 0 Å². The van der Waals surface area contributed by atoms with Crippen molar-refractivity contribution < 1.29 is 14.3 Å². The van der Waals surface area contributed by atoms with E-state index < -0.39 is 0 Å². The van der Waals surface area contributed by atoms with E-state index in [2.05, 4.69) is 10.3 Å². The predicted octanol–water partition coefficient (Wildman–Crippen LogP) is 3.12. The van der Waals surface area contributed by atoms with Crippen LogP contribution in [0.15, 0.2) is 24.3 Å². The lowest BCUT2D eigenvalue weighted by molar-refractivity contribution is -0.146. The van der Waals surface area contributed by atoms with Crippen LogP contribution in [0.5, 0.6) is 0 Å². The molecule has 1 aromatic heterocycles. The van der Waals surface area contributed by atoms with Crippen molar-refractivity contribution in [1.29, 1.82) is 0 Å². The first kappa shape index (κ1) is 18.0. The second-order valence-corrected chi connectivity index (χ2v) is 6.19. The summed E-state index contributed by atoms with van der Waals surface area (Å²) < 4.78 is 5.25. The lowest BCUT2D eigenvalue weighted by Gasteiger charge is -2.09. The molecule has 1 heterocycles. The van der Waals surface area contributed by atoms with Crippen LogP contribution in [0.4, 0.5) is 0 Å². The number of ether oxygens (including phenoxy) is 1. The normalized spacial score (nSPS) is 11.0. The van der Waals surface area contributed by atoms with Gasteiger partial charge in [-0.3, -0.25) is 9.59 Å². The summed E-state index contributed by atoms with van der Waals surface area (Å²) in [4.78, 5) is 27.0. The SMILES string of the molecule is CCCC(=O)NCCc1c(CC(=O)OC(C)C)[nH]c2ccccc12. The van der Waals surface area contributed by atoms with Crippen LogP contribution in [-0.2, 0) is 27.2 Å². The van der Waals surface area contributed by atoms with Gasteiger partial charge in [-0.1, -0.05) is 25.1 Å². The van der Waals surface area contributed by atoms with Gasteiger partial charge in [0.15, 0.2) is 0 Å². The molecule has 0 saturated carbocycles. The summed E-state index contributed by atoms with van der Waals surface area (Å²) >= 11 is 0. The summed E-state index contributed by atoms with van der Waals surface area (Å²) in [5.74, 6) is -0.175. The van der Waals surface area contributed by atoms with E-state index in [9.17, 15) is 9.59 Å². The number of fused-ring (bicyclic) bond motifs is 1. The molecule has 0 bridgehead atoms. The smallest absolute Gasteiger partial charge is 0.312 e. The van der Waals surface area contributed by atoms with E-state index in [1.54, 1.807) is 0 Å². The summed E-state index contributed by atoms with van der Waals surface area (Å²) in [6, 6.07) is 7.96. The Morgan fingerprint density at radius 1 is 1.25 bits per heavy atom. The second kappa shape index (κ2) is 8.52. The van der Waals surface area contributed by atoms with Gasteiger partial charge in [0.05, 0.1) is 12.5 Å². The highest BCUT2D eigenvalue weighted by molar-refractivity contribution is 5.86. The Morgan fingerprint density at radius 3 is 2.71 bits per heavy atom. The average molecular weight is 330 g/mol. The van der Waals surface area contributed by atoms with Crippen molar-refractivity contribution in [2.45, 2.75) is 52.6 Å². The fourth-order valence-corrected chi connectivity index (χ4v) is 2.78. The zero-order valence-electron chi connectivity index (χ0n) is 14.6. The minimum Gasteiger partial charge on any atom is -0.463 e. The molecule has 2 N–H and O–H groups in total. The average Bonchev–Trinajstić information content (AvgIpc) is 2.84. The summed E-state index contributed by atoms with van der Waals surface area (Å²) in [5.41, 5.74) is 2.94. The topological polar surface area (TPSA) is 71.2 Å². The molecule has 0 radical (unpaired) electrons. The van der Waals surface area contributed by atoms with Crippen molar-refractivity contribution >= 4 is 22.8 Å². The van der Waals surface area contributed by atoms with Crippen LogP contribution < -0.4 is 5.32 Å². The van der Waals surface area contributed by atoms with Crippen molar-refractivity contribution in [2.24, 2.45) is 0 Å². The zero-order valence-corrected chi connectivity index (χ0v) is 14.6. The number of amides is 1. The van der Waals surface area contributed by atoms with Crippen LogP contribution in [-0.4, -0.2) is 29.5 Å². The van der Waals surface area contributed by atoms with E-state index >= 15 is 0 Å². The minimum absolute atomic E-state index is 0.0677. The van der Waals surface area contributed by atoms with Crippen LogP contribution in [0.2, 0.25) is 0 Å². The van der Waals surface area contributed by atoms with Gasteiger partial charge in [-0.2, -0.15) is 0 Å². The van der Waals surface area contributed by atoms with Gasteiger partial charge in [-0.15, -0.1) is 0 Å². The molecule has 0 aliphatic rings. The number of H-pyrrole nitrogens is 1. The summed E-state index contributed by atoms with van der Waals surface area (Å²) in [6.45, 7) is 6.23. The molecule has 0 spiro atoms. The number of benzene rings is 1. The molecular formula is C19H26N2O3. The molecule has 0 unspecified atom stereocenters. The van der Waals surface area contributed by atoms with Crippen molar-refractivity contribution in [3.8, 4) is 0 Å². The molecule has 5 heteroatoms. The Kier molecular flexibility index (Phi) is 6.41. The monoisotopic (exact) mass is 330 g/mol. The number of nitrogens with one attached hydrogen (secondary N) is 2. The molecule has 0 aliphatic heterocycles. The summed E-state index contributed by atoms with van der Waals surface area (Å²) in [6.07, 6.45) is 2.15. The highest BCUT2D eigenvalue weighted by atomic mass is 16.5. The van der Waals surface area contributed by atoms with Crippen molar-refractivity contribution in [3.05, 3.63) is 35.5 Å². The first-order chi connectivity index (χ1) is 11.5. The Balaban J connectivity index is 2.14. The maximum Gasteiger partial charge on any atom is 0.312 e. The molecule has 0 aliphatic carbocycles. The Labute approximate surface area is 142 Å². The van der Waals surface area contributed by atoms with E-state index in [0.29, 0.717) is 19.4 Å². The fraction of sp³-hybridized carbons (Fsp3) is 0.474. The molecule has 5 nitrogen and oxygen atoms in total. The van der Waals surface area contributed by atoms with Gasteiger partial charge in [0.1, 0.15) is 0 Å². The molecule has 2 aromatic rings. The van der Waals surface area contributed by atoms with Crippen LogP contribution in [0.25, 0.3) is 10.9 Å². The maximum atomic E-state index is 12.0. The number of hydrogen-bond acceptors (Lipinski definition) is 3. The minimum atomic E-state index is -0.243. The van der Waals surface area contributed by atoms with E-state index in [1.165, 1.54) is 0 Å². The first-order valence-electron chi connectivity index (χ1n) is 8.55. The zero-order chi connectivity index (χ0) is 17.5. The number of para-hydroxylation sites is 1. The second-order valence-electron chi connectivity index (χ2n) is 6.19. The van der Waals surface area contributed by atoms with Gasteiger partial charge < -0.3 is 15.0 Å². The van der Waals surface area contributed by atoms with Crippen LogP contribution in [0.3, 0.4) is 0 Å².